The smallest absolute Gasteiger partial charge is 0.148 e. The van der Waals surface area contributed by atoms with Crippen LogP contribution in [0.1, 0.15) is 17.1 Å². The first-order chi connectivity index (χ1) is 10.1. The van der Waals surface area contributed by atoms with Gasteiger partial charge in [0.2, 0.25) is 0 Å². The minimum atomic E-state index is 0.678. The number of hydrogen-bond donors (Lipinski definition) is 1. The predicted molar refractivity (Wildman–Crippen MR) is 84.6 cm³/mol. The molecule has 0 saturated carbocycles. The fourth-order valence-electron chi connectivity index (χ4n) is 1.87. The van der Waals surface area contributed by atoms with E-state index in [0.29, 0.717) is 11.4 Å². The van der Waals surface area contributed by atoms with Gasteiger partial charge in [0.05, 0.1) is 11.4 Å². The van der Waals surface area contributed by atoms with E-state index in [4.69, 9.17) is 10.5 Å². The first kappa shape index (κ1) is 14.7. The molecular weight excluding hydrogens is 264 g/mol. The molecule has 0 saturated heterocycles. The minimum Gasteiger partial charge on any atom is -0.455 e. The molecule has 108 valence electrons. The van der Waals surface area contributed by atoms with Crippen LogP contribution in [0.15, 0.2) is 41.7 Å². The first-order valence-electron chi connectivity index (χ1n) is 6.56. The number of rotatable bonds is 4. The molecule has 0 spiro atoms. The van der Waals surface area contributed by atoms with Crippen LogP contribution in [0.25, 0.3) is 5.57 Å². The quantitative estimate of drug-likeness (QED) is 0.875. The summed E-state index contributed by atoms with van der Waals surface area (Å²) >= 11 is 0. The second-order valence-corrected chi connectivity index (χ2v) is 4.52. The van der Waals surface area contributed by atoms with E-state index >= 15 is 0 Å². The van der Waals surface area contributed by atoms with Crippen molar-refractivity contribution < 1.29 is 4.74 Å². The number of pyridine rings is 2. The number of aliphatic imine (C=N–C) groups is 1. The van der Waals surface area contributed by atoms with E-state index in [0.717, 1.165) is 22.7 Å². The Bertz CT molecular complexity index is 692. The Balaban J connectivity index is 2.29. The molecule has 5 heteroatoms. The average Bonchev–Trinajstić information content (AvgIpc) is 2.48. The Morgan fingerprint density at radius 3 is 2.76 bits per heavy atom. The van der Waals surface area contributed by atoms with Crippen LogP contribution < -0.4 is 10.5 Å². The van der Waals surface area contributed by atoms with Gasteiger partial charge in [-0.1, -0.05) is 0 Å². The van der Waals surface area contributed by atoms with Crippen molar-refractivity contribution in [3.63, 3.8) is 0 Å². The summed E-state index contributed by atoms with van der Waals surface area (Å²) in [4.78, 5) is 12.6. The van der Waals surface area contributed by atoms with Crippen molar-refractivity contribution in [3.05, 3.63) is 53.7 Å². The van der Waals surface area contributed by atoms with Gasteiger partial charge >= 0.3 is 0 Å². The van der Waals surface area contributed by atoms with Crippen molar-refractivity contribution in [1.82, 2.24) is 9.97 Å². The minimum absolute atomic E-state index is 0.678. The summed E-state index contributed by atoms with van der Waals surface area (Å²) in [6.07, 6.45) is 4.80. The SMILES string of the molecule is CN=CC(=CN)c1cc(Oc2ccc(C)nc2C)ccn1. The van der Waals surface area contributed by atoms with Crippen LogP contribution in [0.3, 0.4) is 0 Å². The van der Waals surface area contributed by atoms with Gasteiger partial charge in [-0.05, 0) is 32.0 Å². The molecule has 0 aliphatic heterocycles. The second kappa shape index (κ2) is 6.65. The number of nitrogens with zero attached hydrogens (tertiary/aromatic N) is 3. The molecule has 0 aromatic carbocycles. The van der Waals surface area contributed by atoms with E-state index in [1.807, 2.05) is 32.0 Å². The molecule has 5 nitrogen and oxygen atoms in total. The standard InChI is InChI=1S/C16H18N4O/c1-11-4-5-16(12(2)20-11)21-14-6-7-19-15(8-14)13(9-17)10-18-3/h4-10H,17H2,1-3H3. The van der Waals surface area contributed by atoms with Gasteiger partial charge in [0.15, 0.2) is 0 Å². The summed E-state index contributed by atoms with van der Waals surface area (Å²) < 4.78 is 5.86. The van der Waals surface area contributed by atoms with Crippen LogP contribution in [0.2, 0.25) is 0 Å². The third kappa shape index (κ3) is 3.66. The van der Waals surface area contributed by atoms with Gasteiger partial charge in [0.25, 0.3) is 0 Å². The van der Waals surface area contributed by atoms with Gasteiger partial charge in [0.1, 0.15) is 11.5 Å². The van der Waals surface area contributed by atoms with E-state index in [-0.39, 0.29) is 0 Å². The molecule has 0 unspecified atom stereocenters. The molecule has 0 amide bonds. The Kier molecular flexibility index (Phi) is 4.66. The molecule has 2 aromatic rings. The van der Waals surface area contributed by atoms with Crippen LogP contribution in [0.5, 0.6) is 11.5 Å². The largest absolute Gasteiger partial charge is 0.455 e. The highest BCUT2D eigenvalue weighted by molar-refractivity contribution is 6.08. The van der Waals surface area contributed by atoms with E-state index in [1.54, 1.807) is 25.5 Å². The average molecular weight is 282 g/mol. The highest BCUT2D eigenvalue weighted by Crippen LogP contribution is 2.25. The molecule has 2 rings (SSSR count). The van der Waals surface area contributed by atoms with Gasteiger partial charge in [-0.15, -0.1) is 0 Å². The highest BCUT2D eigenvalue weighted by Gasteiger charge is 2.06. The number of allylic oxidation sites excluding steroid dienone is 1. The second-order valence-electron chi connectivity index (χ2n) is 4.52. The van der Waals surface area contributed by atoms with Crippen LogP contribution in [0.4, 0.5) is 0 Å². The van der Waals surface area contributed by atoms with E-state index in [2.05, 4.69) is 15.0 Å². The zero-order chi connectivity index (χ0) is 15.2. The zero-order valence-electron chi connectivity index (χ0n) is 12.4. The topological polar surface area (TPSA) is 73.4 Å². The van der Waals surface area contributed by atoms with Crippen LogP contribution >= 0.6 is 0 Å². The monoisotopic (exact) mass is 282 g/mol. The normalized spacial score (nSPS) is 11.9. The number of ether oxygens (including phenoxy) is 1. The van der Waals surface area contributed by atoms with Gasteiger partial charge in [0, 0.05) is 43.0 Å². The molecule has 0 radical (unpaired) electrons. The Morgan fingerprint density at radius 1 is 1.29 bits per heavy atom. The zero-order valence-corrected chi connectivity index (χ0v) is 12.4. The predicted octanol–water partition coefficient (Wildman–Crippen LogP) is 2.89. The third-order valence-electron chi connectivity index (χ3n) is 2.88. The number of hydrogen-bond acceptors (Lipinski definition) is 5. The molecule has 2 heterocycles. The van der Waals surface area contributed by atoms with Crippen molar-refractivity contribution in [1.29, 1.82) is 0 Å². The number of nitrogens with two attached hydrogens (primary N) is 1. The van der Waals surface area contributed by atoms with Gasteiger partial charge in [-0.25, -0.2) is 0 Å². The van der Waals surface area contributed by atoms with Crippen LogP contribution in [-0.4, -0.2) is 23.2 Å². The number of aryl methyl sites for hydroxylation is 2. The number of aromatic nitrogens is 2. The highest BCUT2D eigenvalue weighted by atomic mass is 16.5. The molecule has 0 aliphatic carbocycles. The summed E-state index contributed by atoms with van der Waals surface area (Å²) in [5.41, 5.74) is 8.84. The molecule has 2 aromatic heterocycles. The first-order valence-corrected chi connectivity index (χ1v) is 6.56. The van der Waals surface area contributed by atoms with Crippen LogP contribution in [0, 0.1) is 13.8 Å². The van der Waals surface area contributed by atoms with Crippen molar-refractivity contribution >= 4 is 11.8 Å². The molecule has 0 aliphatic rings. The van der Waals surface area contributed by atoms with Crippen molar-refractivity contribution in [2.75, 3.05) is 7.05 Å². The Labute approximate surface area is 124 Å². The summed E-state index contributed by atoms with van der Waals surface area (Å²) in [5, 5.41) is 0. The summed E-state index contributed by atoms with van der Waals surface area (Å²) in [6, 6.07) is 7.43. The summed E-state index contributed by atoms with van der Waals surface area (Å²) in [7, 11) is 1.69. The van der Waals surface area contributed by atoms with Crippen LogP contribution in [-0.2, 0) is 0 Å². The van der Waals surface area contributed by atoms with E-state index in [9.17, 15) is 0 Å². The fraction of sp³-hybridized carbons (Fsp3) is 0.188. The lowest BCUT2D eigenvalue weighted by Crippen LogP contribution is -1.96. The maximum atomic E-state index is 5.86. The molecule has 21 heavy (non-hydrogen) atoms. The van der Waals surface area contributed by atoms with Gasteiger partial charge < -0.3 is 10.5 Å². The lowest BCUT2D eigenvalue weighted by molar-refractivity contribution is 0.474. The molecule has 0 fully saturated rings. The van der Waals surface area contributed by atoms with Gasteiger partial charge in [-0.2, -0.15) is 0 Å². The molecule has 0 bridgehead atoms. The summed E-state index contributed by atoms with van der Waals surface area (Å²) in [6.45, 7) is 3.86. The summed E-state index contributed by atoms with van der Waals surface area (Å²) in [5.74, 6) is 1.40. The van der Waals surface area contributed by atoms with Crippen molar-refractivity contribution in [2.24, 2.45) is 10.7 Å². The molecule has 2 N–H and O–H groups in total. The van der Waals surface area contributed by atoms with Gasteiger partial charge in [-0.3, -0.25) is 15.0 Å². The lowest BCUT2D eigenvalue weighted by Gasteiger charge is -2.09. The maximum Gasteiger partial charge on any atom is 0.148 e. The third-order valence-corrected chi connectivity index (χ3v) is 2.88. The molecule has 0 atom stereocenters. The lowest BCUT2D eigenvalue weighted by atomic mass is 10.2. The maximum absolute atomic E-state index is 5.86. The van der Waals surface area contributed by atoms with Crippen molar-refractivity contribution in [2.45, 2.75) is 13.8 Å². The Hall–Kier alpha value is -2.69. The fourth-order valence-corrected chi connectivity index (χ4v) is 1.87. The molecular formula is C16H18N4O. The van der Waals surface area contributed by atoms with E-state index < -0.39 is 0 Å². The van der Waals surface area contributed by atoms with E-state index in [1.165, 1.54) is 6.20 Å². The Morgan fingerprint density at radius 2 is 2.10 bits per heavy atom. The van der Waals surface area contributed by atoms with Crippen molar-refractivity contribution in [3.8, 4) is 11.5 Å².